The first-order chi connectivity index (χ1) is 5.52. The van der Waals surface area contributed by atoms with E-state index in [-0.39, 0.29) is 23.0 Å². The van der Waals surface area contributed by atoms with E-state index in [2.05, 4.69) is 9.97 Å². The van der Waals surface area contributed by atoms with E-state index < -0.39 is 6.43 Å². The molecule has 1 heterocycles. The number of carbonyl (C=O) groups excluding carboxylic acids is 1. The maximum absolute atomic E-state index is 12.1. The number of hydrogen-bond acceptors (Lipinski definition) is 2. The van der Waals surface area contributed by atoms with E-state index in [4.69, 9.17) is 0 Å². The number of imidazole rings is 1. The van der Waals surface area contributed by atoms with Crippen LogP contribution in [-0.4, -0.2) is 15.8 Å². The normalized spacial score (nSPS) is 10.8. The Morgan fingerprint density at radius 2 is 2.17 bits per heavy atom. The molecule has 0 radical (unpaired) electrons. The number of H-pyrrole nitrogens is 1. The Hall–Kier alpha value is -1.26. The summed E-state index contributed by atoms with van der Waals surface area (Å²) in [5.74, 6) is -0.354. The van der Waals surface area contributed by atoms with E-state index in [0.717, 1.165) is 0 Å². The quantitative estimate of drug-likeness (QED) is 0.695. The molecule has 0 aliphatic heterocycles. The zero-order valence-corrected chi connectivity index (χ0v) is 6.69. The smallest absolute Gasteiger partial charge is 0.282 e. The molecule has 0 atom stereocenters. The number of aryl methyl sites for hydroxylation is 1. The molecule has 0 amide bonds. The molecule has 1 aromatic rings. The molecule has 0 bridgehead atoms. The molecular weight excluding hydrogens is 166 g/mol. The van der Waals surface area contributed by atoms with Crippen molar-refractivity contribution in [2.75, 3.05) is 0 Å². The molecule has 0 saturated heterocycles. The molecule has 0 aliphatic rings. The van der Waals surface area contributed by atoms with Crippen LogP contribution < -0.4 is 0 Å². The first-order valence-corrected chi connectivity index (χ1v) is 3.38. The van der Waals surface area contributed by atoms with Gasteiger partial charge in [0, 0.05) is 12.6 Å². The first kappa shape index (κ1) is 8.83. The van der Waals surface area contributed by atoms with E-state index in [0.29, 0.717) is 0 Å². The van der Waals surface area contributed by atoms with E-state index in [1.807, 2.05) is 0 Å². The van der Waals surface area contributed by atoms with Crippen molar-refractivity contribution in [3.8, 4) is 0 Å². The third-order valence-corrected chi connectivity index (χ3v) is 1.46. The second kappa shape index (κ2) is 3.00. The van der Waals surface area contributed by atoms with Gasteiger partial charge in [0.15, 0.2) is 11.6 Å². The number of aromatic amines is 1. The largest absolute Gasteiger partial charge is 0.339 e. The van der Waals surface area contributed by atoms with Crippen LogP contribution in [0.5, 0.6) is 0 Å². The second-order valence-electron chi connectivity index (χ2n) is 2.45. The molecule has 12 heavy (non-hydrogen) atoms. The van der Waals surface area contributed by atoms with Gasteiger partial charge in [0.05, 0.1) is 0 Å². The van der Waals surface area contributed by atoms with Gasteiger partial charge in [0.1, 0.15) is 5.69 Å². The van der Waals surface area contributed by atoms with Crippen molar-refractivity contribution < 1.29 is 13.6 Å². The number of ketones is 1. The number of nitrogens with one attached hydrogen (secondary N) is 1. The predicted molar refractivity (Wildman–Crippen MR) is 38.3 cm³/mol. The molecule has 0 fully saturated rings. The fraction of sp³-hybridized carbons (Fsp3) is 0.429. The summed E-state index contributed by atoms with van der Waals surface area (Å²) < 4.78 is 24.2. The summed E-state index contributed by atoms with van der Waals surface area (Å²) in [5.41, 5.74) is -0.101. The summed E-state index contributed by atoms with van der Waals surface area (Å²) in [5, 5.41) is 0. The van der Waals surface area contributed by atoms with E-state index in [9.17, 15) is 13.6 Å². The van der Waals surface area contributed by atoms with Gasteiger partial charge in [-0.3, -0.25) is 4.79 Å². The van der Waals surface area contributed by atoms with Crippen LogP contribution in [0.2, 0.25) is 0 Å². The molecule has 0 saturated carbocycles. The fourth-order valence-electron chi connectivity index (χ4n) is 0.853. The third-order valence-electron chi connectivity index (χ3n) is 1.46. The molecule has 66 valence electrons. The highest BCUT2D eigenvalue weighted by Crippen LogP contribution is 2.19. The second-order valence-corrected chi connectivity index (χ2v) is 2.45. The molecule has 0 unspecified atom stereocenters. The minimum Gasteiger partial charge on any atom is -0.339 e. The zero-order chi connectivity index (χ0) is 9.30. The van der Waals surface area contributed by atoms with Crippen LogP contribution >= 0.6 is 0 Å². The van der Waals surface area contributed by atoms with E-state index in [1.54, 1.807) is 0 Å². The summed E-state index contributed by atoms with van der Waals surface area (Å²) in [6, 6.07) is 0. The number of halogens is 2. The number of hydrogen-bond donors (Lipinski definition) is 1. The molecule has 1 rings (SSSR count). The lowest BCUT2D eigenvalue weighted by molar-refractivity contribution is 0.100. The van der Waals surface area contributed by atoms with Crippen molar-refractivity contribution in [2.45, 2.75) is 20.3 Å². The summed E-state index contributed by atoms with van der Waals surface area (Å²) >= 11 is 0. The predicted octanol–water partition coefficient (Wildman–Crippen LogP) is 1.86. The minimum absolute atomic E-state index is 0.0113. The lowest BCUT2D eigenvalue weighted by atomic mass is 10.4. The monoisotopic (exact) mass is 174 g/mol. The molecule has 0 aromatic carbocycles. The van der Waals surface area contributed by atoms with Gasteiger partial charge < -0.3 is 4.98 Å². The Kier molecular flexibility index (Phi) is 2.21. The van der Waals surface area contributed by atoms with Crippen LogP contribution in [-0.2, 0) is 0 Å². The molecule has 5 heteroatoms. The Balaban J connectivity index is 3.09. The molecule has 1 aromatic heterocycles. The van der Waals surface area contributed by atoms with Gasteiger partial charge in [0.25, 0.3) is 6.43 Å². The lowest BCUT2D eigenvalue weighted by Crippen LogP contribution is -1.94. The van der Waals surface area contributed by atoms with Crippen molar-refractivity contribution in [3.05, 3.63) is 17.2 Å². The fourth-order valence-corrected chi connectivity index (χ4v) is 0.853. The highest BCUT2D eigenvalue weighted by molar-refractivity contribution is 5.90. The molecule has 0 aliphatic carbocycles. The van der Waals surface area contributed by atoms with Gasteiger partial charge in [-0.1, -0.05) is 0 Å². The average molecular weight is 174 g/mol. The maximum atomic E-state index is 12.1. The van der Waals surface area contributed by atoms with Crippen LogP contribution in [0, 0.1) is 6.92 Å². The summed E-state index contributed by atoms with van der Waals surface area (Å²) in [6.45, 7) is 2.73. The Morgan fingerprint density at radius 1 is 1.58 bits per heavy atom. The maximum Gasteiger partial charge on any atom is 0.282 e. The van der Waals surface area contributed by atoms with E-state index in [1.165, 1.54) is 13.8 Å². The molecule has 1 N–H and O–H groups in total. The highest BCUT2D eigenvalue weighted by atomic mass is 19.3. The molecule has 3 nitrogen and oxygen atoms in total. The highest BCUT2D eigenvalue weighted by Gasteiger charge is 2.17. The number of carbonyl (C=O) groups is 1. The number of aromatic nitrogens is 2. The van der Waals surface area contributed by atoms with Gasteiger partial charge in [-0.15, -0.1) is 0 Å². The van der Waals surface area contributed by atoms with Gasteiger partial charge >= 0.3 is 0 Å². The van der Waals surface area contributed by atoms with Crippen LogP contribution in [0.15, 0.2) is 0 Å². The number of Topliss-reactive ketones (excluding diaryl/α,β-unsaturated/α-hetero) is 1. The first-order valence-electron chi connectivity index (χ1n) is 3.38. The standard InChI is InChI=1S/C7H8F2N2O/c1-3-5(6(8)9)11-7(10-3)4(2)12/h6H,1-2H3,(H,10,11). The van der Waals surface area contributed by atoms with Crippen LogP contribution in [0.3, 0.4) is 0 Å². The van der Waals surface area contributed by atoms with Crippen molar-refractivity contribution in [1.82, 2.24) is 9.97 Å². The van der Waals surface area contributed by atoms with Crippen molar-refractivity contribution in [2.24, 2.45) is 0 Å². The SMILES string of the molecule is CC(=O)c1nc(C(F)F)c(C)[nH]1. The lowest BCUT2D eigenvalue weighted by Gasteiger charge is -1.91. The Bertz CT molecular complexity index is 306. The van der Waals surface area contributed by atoms with E-state index >= 15 is 0 Å². The summed E-state index contributed by atoms with van der Waals surface area (Å²) in [6.07, 6.45) is -2.63. The van der Waals surface area contributed by atoms with Crippen LogP contribution in [0.25, 0.3) is 0 Å². The molecule has 0 spiro atoms. The zero-order valence-electron chi connectivity index (χ0n) is 6.69. The number of rotatable bonds is 2. The molecular formula is C7H8F2N2O. The van der Waals surface area contributed by atoms with Gasteiger partial charge in [-0.05, 0) is 6.92 Å². The number of nitrogens with zero attached hydrogens (tertiary/aromatic N) is 1. The van der Waals surface area contributed by atoms with Crippen LogP contribution in [0.4, 0.5) is 8.78 Å². The Labute approximate surface area is 67.8 Å². The van der Waals surface area contributed by atoms with Gasteiger partial charge in [-0.25, -0.2) is 13.8 Å². The summed E-state index contributed by atoms with van der Waals surface area (Å²) in [7, 11) is 0. The van der Waals surface area contributed by atoms with Crippen molar-refractivity contribution in [1.29, 1.82) is 0 Å². The van der Waals surface area contributed by atoms with Crippen molar-refractivity contribution >= 4 is 5.78 Å². The Morgan fingerprint density at radius 3 is 2.42 bits per heavy atom. The number of alkyl halides is 2. The topological polar surface area (TPSA) is 45.8 Å². The third kappa shape index (κ3) is 1.49. The van der Waals surface area contributed by atoms with Gasteiger partial charge in [0.2, 0.25) is 0 Å². The van der Waals surface area contributed by atoms with Crippen molar-refractivity contribution in [3.63, 3.8) is 0 Å². The van der Waals surface area contributed by atoms with Crippen LogP contribution in [0.1, 0.15) is 35.4 Å². The van der Waals surface area contributed by atoms with Gasteiger partial charge in [-0.2, -0.15) is 0 Å². The minimum atomic E-state index is -2.63. The average Bonchev–Trinajstić information content (AvgIpc) is 2.30. The summed E-state index contributed by atoms with van der Waals surface area (Å²) in [4.78, 5) is 16.6.